The van der Waals surface area contributed by atoms with Gasteiger partial charge in [0.2, 0.25) is 5.91 Å². The highest BCUT2D eigenvalue weighted by Gasteiger charge is 2.36. The smallest absolute Gasteiger partial charge is 0.223 e. The van der Waals surface area contributed by atoms with E-state index in [4.69, 9.17) is 4.42 Å². The first-order valence-corrected chi connectivity index (χ1v) is 8.79. The molecule has 2 heterocycles. The first-order valence-electron chi connectivity index (χ1n) is 8.79. The van der Waals surface area contributed by atoms with Gasteiger partial charge in [0, 0.05) is 51.5 Å². The third-order valence-corrected chi connectivity index (χ3v) is 4.99. The molecule has 5 nitrogen and oxygen atoms in total. The largest absolute Gasteiger partial charge is 0.466 e. The number of carbonyl (C=O) groups excluding carboxylic acids is 1. The summed E-state index contributed by atoms with van der Waals surface area (Å²) < 4.78 is 5.87. The average Bonchev–Trinajstić information content (AvgIpc) is 3.07. The Morgan fingerprint density at radius 1 is 1.35 bits per heavy atom. The van der Waals surface area contributed by atoms with Gasteiger partial charge in [-0.1, -0.05) is 6.92 Å². The molecule has 0 unspecified atom stereocenters. The Bertz CT molecular complexity index is 532. The Morgan fingerprint density at radius 3 is 2.65 bits per heavy atom. The number of aliphatic hydroxyl groups excluding tert-OH is 1. The van der Waals surface area contributed by atoms with Gasteiger partial charge in [0.05, 0.1) is 6.10 Å². The second-order valence-electron chi connectivity index (χ2n) is 7.15. The van der Waals surface area contributed by atoms with E-state index in [0.29, 0.717) is 25.3 Å². The molecule has 1 amide bonds. The molecule has 128 valence electrons. The van der Waals surface area contributed by atoms with Gasteiger partial charge in [0.15, 0.2) is 0 Å². The van der Waals surface area contributed by atoms with E-state index in [1.165, 1.54) is 6.42 Å². The van der Waals surface area contributed by atoms with E-state index in [1.54, 1.807) is 6.92 Å². The number of β-amino-alcohol motifs (C(OH)–C–C–N with tert-alkyl or cyclic N) is 1. The number of aryl methyl sites for hydroxylation is 1. The number of piperazine rings is 1. The van der Waals surface area contributed by atoms with E-state index in [2.05, 4.69) is 17.9 Å². The highest BCUT2D eigenvalue weighted by atomic mass is 16.3. The number of hydrogen-bond acceptors (Lipinski definition) is 4. The number of hydrogen-bond donors (Lipinski definition) is 1. The molecule has 1 aromatic rings. The second-order valence-corrected chi connectivity index (χ2v) is 7.15. The number of furan rings is 1. The number of amides is 1. The summed E-state index contributed by atoms with van der Waals surface area (Å²) in [6.07, 6.45) is 2.12. The van der Waals surface area contributed by atoms with Crippen molar-refractivity contribution >= 4 is 5.91 Å². The summed E-state index contributed by atoms with van der Waals surface area (Å²) >= 11 is 0. The molecule has 2 fully saturated rings. The van der Waals surface area contributed by atoms with E-state index in [-0.39, 0.29) is 12.0 Å². The summed E-state index contributed by atoms with van der Waals surface area (Å²) in [5, 5.41) is 9.42. The van der Waals surface area contributed by atoms with E-state index in [0.717, 1.165) is 43.6 Å². The number of nitrogens with zero attached hydrogens (tertiary/aromatic N) is 2. The maximum Gasteiger partial charge on any atom is 0.223 e. The van der Waals surface area contributed by atoms with E-state index < -0.39 is 0 Å². The molecule has 0 aromatic carbocycles. The molecule has 5 heteroatoms. The molecule has 3 atom stereocenters. The van der Waals surface area contributed by atoms with Gasteiger partial charge in [0.25, 0.3) is 0 Å². The molecule has 3 rings (SSSR count). The molecule has 0 spiro atoms. The molecular weight excluding hydrogens is 292 g/mol. The van der Waals surface area contributed by atoms with Crippen LogP contribution in [0.25, 0.3) is 0 Å². The Kier molecular flexibility index (Phi) is 5.07. The quantitative estimate of drug-likeness (QED) is 0.869. The zero-order valence-corrected chi connectivity index (χ0v) is 14.2. The highest BCUT2D eigenvalue weighted by Crippen LogP contribution is 2.47. The Balaban J connectivity index is 1.40. The predicted octanol–water partition coefficient (Wildman–Crippen LogP) is 1.86. The summed E-state index contributed by atoms with van der Waals surface area (Å²) in [7, 11) is 0. The zero-order chi connectivity index (χ0) is 16.4. The van der Waals surface area contributed by atoms with Gasteiger partial charge >= 0.3 is 0 Å². The fourth-order valence-corrected chi connectivity index (χ4v) is 3.39. The molecule has 2 aliphatic rings. The second kappa shape index (κ2) is 7.05. The van der Waals surface area contributed by atoms with Crippen LogP contribution in [-0.2, 0) is 11.2 Å². The van der Waals surface area contributed by atoms with Crippen molar-refractivity contribution in [3.63, 3.8) is 0 Å². The first-order chi connectivity index (χ1) is 11.0. The lowest BCUT2D eigenvalue weighted by atomic mass is 10.2. The summed E-state index contributed by atoms with van der Waals surface area (Å²) in [4.78, 5) is 16.5. The van der Waals surface area contributed by atoms with Crippen LogP contribution in [0.3, 0.4) is 0 Å². The molecule has 23 heavy (non-hydrogen) atoms. The lowest BCUT2D eigenvalue weighted by molar-refractivity contribution is -0.133. The zero-order valence-electron chi connectivity index (χ0n) is 14.2. The summed E-state index contributed by atoms with van der Waals surface area (Å²) in [5.41, 5.74) is 0. The standard InChI is InChI=1S/C18H28N2O3/c1-13-11-16(13)17-5-3-15(23-17)4-6-18(22)20-9-7-19(8-10-20)12-14(2)21/h3,5,13-14,16,21H,4,6-12H2,1-2H3/t13-,14+,16+/m1/s1. The van der Waals surface area contributed by atoms with Crippen molar-refractivity contribution in [2.75, 3.05) is 32.7 Å². The maximum absolute atomic E-state index is 12.3. The van der Waals surface area contributed by atoms with E-state index in [1.807, 2.05) is 11.0 Å². The monoisotopic (exact) mass is 320 g/mol. The summed E-state index contributed by atoms with van der Waals surface area (Å²) in [5.74, 6) is 3.57. The van der Waals surface area contributed by atoms with E-state index >= 15 is 0 Å². The van der Waals surface area contributed by atoms with Crippen molar-refractivity contribution in [2.45, 2.75) is 45.1 Å². The molecule has 1 aliphatic carbocycles. The molecule has 1 aliphatic heterocycles. The van der Waals surface area contributed by atoms with E-state index in [9.17, 15) is 9.90 Å². The molecule has 1 saturated carbocycles. The average molecular weight is 320 g/mol. The maximum atomic E-state index is 12.3. The normalized spacial score (nSPS) is 26.3. The van der Waals surface area contributed by atoms with Crippen LogP contribution in [0.2, 0.25) is 0 Å². The molecular formula is C18H28N2O3. The Hall–Kier alpha value is -1.33. The molecule has 1 saturated heterocycles. The summed E-state index contributed by atoms with van der Waals surface area (Å²) in [6.45, 7) is 7.95. The van der Waals surface area contributed by atoms with Crippen molar-refractivity contribution in [3.8, 4) is 0 Å². The lowest BCUT2D eigenvalue weighted by Crippen LogP contribution is -2.50. The van der Waals surface area contributed by atoms with Crippen LogP contribution < -0.4 is 0 Å². The van der Waals surface area contributed by atoms with Crippen LogP contribution in [0.1, 0.15) is 44.1 Å². The SMILES string of the molecule is C[C@H](O)CN1CCN(C(=O)CCc2ccc([C@H]3C[C@H]3C)o2)CC1. The third-order valence-electron chi connectivity index (χ3n) is 4.99. The van der Waals surface area contributed by atoms with Crippen molar-refractivity contribution in [3.05, 3.63) is 23.7 Å². The predicted molar refractivity (Wildman–Crippen MR) is 88.3 cm³/mol. The minimum Gasteiger partial charge on any atom is -0.466 e. The minimum atomic E-state index is -0.306. The first kappa shape index (κ1) is 16.5. The number of carbonyl (C=O) groups is 1. The number of aliphatic hydroxyl groups is 1. The lowest BCUT2D eigenvalue weighted by Gasteiger charge is -2.35. The van der Waals surface area contributed by atoms with Gasteiger partial charge in [-0.2, -0.15) is 0 Å². The van der Waals surface area contributed by atoms with Crippen molar-refractivity contribution in [1.82, 2.24) is 9.80 Å². The molecule has 1 aromatic heterocycles. The van der Waals surface area contributed by atoms with Gasteiger partial charge in [-0.25, -0.2) is 0 Å². The van der Waals surface area contributed by atoms with Crippen LogP contribution in [0.5, 0.6) is 0 Å². The van der Waals surface area contributed by atoms with Crippen LogP contribution in [0.4, 0.5) is 0 Å². The fourth-order valence-electron chi connectivity index (χ4n) is 3.39. The molecule has 0 radical (unpaired) electrons. The van der Waals surface area contributed by atoms with Gasteiger partial charge in [-0.05, 0) is 31.4 Å². The van der Waals surface area contributed by atoms with Gasteiger partial charge < -0.3 is 14.4 Å². The Morgan fingerprint density at radius 2 is 2.04 bits per heavy atom. The molecule has 0 bridgehead atoms. The highest BCUT2D eigenvalue weighted by molar-refractivity contribution is 5.76. The topological polar surface area (TPSA) is 56.9 Å². The molecule has 1 N–H and O–H groups in total. The summed E-state index contributed by atoms with van der Waals surface area (Å²) in [6, 6.07) is 4.09. The van der Waals surface area contributed by atoms with Crippen LogP contribution in [-0.4, -0.2) is 59.6 Å². The number of rotatable bonds is 6. The van der Waals surface area contributed by atoms with Gasteiger partial charge in [-0.15, -0.1) is 0 Å². The van der Waals surface area contributed by atoms with Crippen molar-refractivity contribution in [1.29, 1.82) is 0 Å². The van der Waals surface area contributed by atoms with Crippen LogP contribution in [0.15, 0.2) is 16.5 Å². The van der Waals surface area contributed by atoms with Gasteiger partial charge in [-0.3, -0.25) is 9.69 Å². The Labute approximate surface area is 138 Å². The van der Waals surface area contributed by atoms with Crippen molar-refractivity contribution in [2.24, 2.45) is 5.92 Å². The van der Waals surface area contributed by atoms with Crippen LogP contribution >= 0.6 is 0 Å². The fraction of sp³-hybridized carbons (Fsp3) is 0.722. The van der Waals surface area contributed by atoms with Crippen molar-refractivity contribution < 1.29 is 14.3 Å². The van der Waals surface area contributed by atoms with Gasteiger partial charge in [0.1, 0.15) is 11.5 Å². The minimum absolute atomic E-state index is 0.208. The third kappa shape index (κ3) is 4.36. The van der Waals surface area contributed by atoms with Crippen LogP contribution in [0, 0.1) is 5.92 Å².